The first kappa shape index (κ1) is 76.3. The van der Waals surface area contributed by atoms with Gasteiger partial charge in [0.1, 0.15) is 46.3 Å². The highest BCUT2D eigenvalue weighted by Crippen LogP contribution is 2.69. The molecule has 37 nitrogen and oxygen atoms in total. The van der Waals surface area contributed by atoms with Gasteiger partial charge in [0, 0.05) is 7.11 Å². The summed E-state index contributed by atoms with van der Waals surface area (Å²) in [5.74, 6) is -0.545. The fourth-order valence-electron chi connectivity index (χ4n) is 3.06. The van der Waals surface area contributed by atoms with E-state index in [1.807, 2.05) is 0 Å². The van der Waals surface area contributed by atoms with E-state index >= 15 is 0 Å². The molecule has 0 amide bonds. The first-order valence-corrected chi connectivity index (χ1v) is 31.3. The Labute approximate surface area is 429 Å². The summed E-state index contributed by atoms with van der Waals surface area (Å²) in [6, 6.07) is 0. The Hall–Kier alpha value is -0.780. The summed E-state index contributed by atoms with van der Waals surface area (Å²) in [7, 11) is -41.6. The lowest BCUT2D eigenvalue weighted by Gasteiger charge is -2.21. The zero-order chi connectivity index (χ0) is 58.0. The minimum Gasteiger partial charge on any atom is -0.406 e. The van der Waals surface area contributed by atoms with Crippen molar-refractivity contribution in [2.24, 2.45) is 0 Å². The predicted octanol–water partition coefficient (Wildman–Crippen LogP) is 6.17. The fourth-order valence-corrected chi connectivity index (χ4v) is 11.8. The van der Waals surface area contributed by atoms with Crippen LogP contribution in [0, 0.1) is 0 Å². The lowest BCUT2D eigenvalue weighted by Crippen LogP contribution is -2.10. The van der Waals surface area contributed by atoms with Gasteiger partial charge in [0.25, 0.3) is 0 Å². The third-order valence-corrected chi connectivity index (χ3v) is 16.8. The molecule has 45 heteroatoms. The molecule has 0 aromatic carbocycles. The molecule has 0 aromatic heterocycles. The third kappa shape index (κ3) is 48.8. The van der Waals surface area contributed by atoms with Crippen molar-refractivity contribution in [3.8, 4) is 0 Å². The Morgan fingerprint density at radius 3 is 0.827 bits per heavy atom. The van der Waals surface area contributed by atoms with Crippen LogP contribution in [-0.4, -0.2) is 142 Å². The molecule has 0 saturated heterocycles. The van der Waals surface area contributed by atoms with Crippen LogP contribution >= 0.6 is 62.6 Å². The van der Waals surface area contributed by atoms with E-state index in [1.165, 1.54) is 0 Å². The van der Waals surface area contributed by atoms with Gasteiger partial charge in [0.15, 0.2) is 34.0 Å². The van der Waals surface area contributed by atoms with Gasteiger partial charge in [-0.1, -0.05) is 55.2 Å². The van der Waals surface area contributed by atoms with Crippen molar-refractivity contribution in [2.45, 2.75) is 27.7 Å². The maximum absolute atomic E-state index is 13.0. The molecule has 0 aliphatic carbocycles. The quantitative estimate of drug-likeness (QED) is 0.0118. The Kier molecular flexibility index (Phi) is 39.5. The third-order valence-electron chi connectivity index (χ3n) is 5.48. The van der Waals surface area contributed by atoms with E-state index < -0.39 is 116 Å². The van der Waals surface area contributed by atoms with Crippen LogP contribution in [0.25, 0.3) is 0 Å². The van der Waals surface area contributed by atoms with Crippen molar-refractivity contribution in [1.82, 2.24) is 0 Å². The van der Waals surface area contributed by atoms with E-state index in [4.69, 9.17) is 47.1 Å². The van der Waals surface area contributed by atoms with Crippen LogP contribution < -0.4 is 0 Å². The van der Waals surface area contributed by atoms with E-state index in [0.717, 1.165) is 0 Å². The number of hydrogen-bond acceptors (Lipinski definition) is 30. The van der Waals surface area contributed by atoms with Crippen molar-refractivity contribution in [3.05, 3.63) is 60.9 Å². The summed E-state index contributed by atoms with van der Waals surface area (Å²) in [6.45, 7) is 17.7. The molecule has 7 unspecified atom stereocenters. The van der Waals surface area contributed by atoms with Gasteiger partial charge in [0.2, 0.25) is 0 Å². The summed E-state index contributed by atoms with van der Waals surface area (Å²) < 4.78 is 193. The largest absolute Gasteiger partial charge is 0.540 e. The van der Waals surface area contributed by atoms with E-state index in [-0.39, 0.29) is 53.6 Å². The van der Waals surface area contributed by atoms with Crippen molar-refractivity contribution in [1.29, 1.82) is 0 Å². The average molecular weight is 1260 g/mol. The average Bonchev–Trinajstić information content (AvgIpc) is 3.22. The van der Waals surface area contributed by atoms with Crippen LogP contribution in [-0.2, 0) is 137 Å². The molecule has 0 aliphatic heterocycles. The van der Waals surface area contributed by atoms with Crippen LogP contribution in [0.15, 0.2) is 60.9 Å². The zero-order valence-electron chi connectivity index (χ0n) is 40.6. The van der Waals surface area contributed by atoms with Crippen LogP contribution in [0.3, 0.4) is 0 Å². The van der Waals surface area contributed by atoms with Crippen LogP contribution in [0.1, 0.15) is 27.7 Å². The number of phosphoric acid groups is 8. The molecule has 7 atom stereocenters. The van der Waals surface area contributed by atoms with E-state index in [1.54, 1.807) is 27.7 Å². The molecule has 0 fully saturated rings. The normalized spacial score (nSPS) is 18.1. The van der Waals surface area contributed by atoms with Gasteiger partial charge in [-0.25, -0.2) is 41.0 Å². The Bertz CT molecular complexity index is 2100. The highest BCUT2D eigenvalue weighted by Gasteiger charge is 2.44. The predicted molar refractivity (Wildman–Crippen MR) is 248 cm³/mol. The molecule has 75 heavy (non-hydrogen) atoms. The van der Waals surface area contributed by atoms with Crippen LogP contribution in [0.5, 0.6) is 0 Å². The Morgan fingerprint density at radius 2 is 0.560 bits per heavy atom. The molecule has 0 bridgehead atoms. The minimum atomic E-state index is -5.62. The lowest BCUT2D eigenvalue weighted by atomic mass is 10.4. The molecule has 0 saturated carbocycles. The zero-order valence-corrected chi connectivity index (χ0v) is 47.8. The molecule has 0 radical (unpaired) electrons. The Balaban J connectivity index is 0. The molecular weight excluding hydrogens is 1200 g/mol. The van der Waals surface area contributed by atoms with Crippen molar-refractivity contribution >= 4 is 62.6 Å². The molecule has 0 aliphatic rings. The second kappa shape index (κ2) is 38.8. The van der Waals surface area contributed by atoms with Gasteiger partial charge in [-0.2, -0.15) is 21.6 Å². The van der Waals surface area contributed by atoms with Crippen molar-refractivity contribution in [3.63, 3.8) is 0 Å². The Morgan fingerprint density at radius 1 is 0.320 bits per heavy atom. The van der Waals surface area contributed by atoms with Crippen LogP contribution in [0.4, 0.5) is 0 Å². The summed E-state index contributed by atoms with van der Waals surface area (Å²) in [4.78, 5) is 65.6. The van der Waals surface area contributed by atoms with Gasteiger partial charge in [-0.05, 0) is 27.7 Å². The van der Waals surface area contributed by atoms with Gasteiger partial charge in [0.05, 0.1) is 26.4 Å². The van der Waals surface area contributed by atoms with E-state index in [0.29, 0.717) is 29.4 Å². The van der Waals surface area contributed by atoms with E-state index in [9.17, 15) is 65.9 Å². The minimum absolute atomic E-state index is 0.127. The summed E-state index contributed by atoms with van der Waals surface area (Å²) in [6.07, 6.45) is 0. The summed E-state index contributed by atoms with van der Waals surface area (Å²) >= 11 is 0. The summed E-state index contributed by atoms with van der Waals surface area (Å²) in [5, 5.41) is 0. The van der Waals surface area contributed by atoms with E-state index in [2.05, 4.69) is 91.3 Å². The van der Waals surface area contributed by atoms with Gasteiger partial charge in [-0.3, -0.25) is 22.6 Å². The second-order valence-electron chi connectivity index (χ2n) is 13.4. The molecule has 0 aromatic rings. The van der Waals surface area contributed by atoms with Crippen LogP contribution in [0.2, 0.25) is 0 Å². The van der Waals surface area contributed by atoms with Gasteiger partial charge in [-0.15, -0.1) is 0 Å². The smallest absolute Gasteiger partial charge is 0.406 e. The fraction of sp³-hybridized carbons (Fsp3) is 0.667. The molecule has 0 spiro atoms. The first-order valence-electron chi connectivity index (χ1n) is 19.3. The monoisotopic (exact) mass is 1260 g/mol. The van der Waals surface area contributed by atoms with Gasteiger partial charge >= 0.3 is 62.6 Å². The highest BCUT2D eigenvalue weighted by atomic mass is 31.3. The van der Waals surface area contributed by atoms with Crippen molar-refractivity contribution < 1.29 is 171 Å². The highest BCUT2D eigenvalue weighted by molar-refractivity contribution is 7.67. The topological polar surface area (TPSA) is 481 Å². The molecule has 7 N–H and O–H groups in total. The maximum atomic E-state index is 13.0. The molecule has 0 heterocycles. The van der Waals surface area contributed by atoms with Crippen molar-refractivity contribution in [2.75, 3.05) is 108 Å². The number of ether oxygens (including phenoxy) is 10. The number of hydrogen-bond donors (Lipinski definition) is 7. The SMILES string of the molecule is C=C(C)COCOCOP(=O)(O)OP(=O)(O)OP(=O)(O)OCOCOCC(=C)C.C=C(C)COCOCOP(=O)(O)OP(=O)(OCOCOCC(=C)C)OC(=C)COCOCOP(=O)(O)OP(=O)(O)OP(=O)(O)OC. The standard InChI is InChI=1S/C18H37O23P5.C12H25O14P3/c1-16(2)7-29-10-32-14-36-44(23,24)41-46(27,37-15-34-11-30-8-17(3)4)38-18(5)9-31-12-33-13-35-43(21,22)40-45(25,26)39-42(19,20)28-6;1-11(2)5-19-7-21-9-23-27(13,14)25-29(17,18)26-28(15,16)24-10-22-8-20-6-12(3)4/h1,3,5,7-15H2,2,4,6H3,(H,19,20)(H,21,22)(H,23,24)(H,25,26);1,3,5-10H2,2,4H3,(H,13,14)(H,15,16)(H,17,18). The molecule has 0 rings (SSSR count). The number of rotatable bonds is 48. The summed E-state index contributed by atoms with van der Waals surface area (Å²) in [5.41, 5.74) is 2.75. The first-order chi connectivity index (χ1) is 34.4. The maximum Gasteiger partial charge on any atom is 0.540 e. The second-order valence-corrected chi connectivity index (χ2v) is 25.9. The molecular formula is C30H62O37P8. The van der Waals surface area contributed by atoms with Gasteiger partial charge < -0.3 is 86.1 Å². The number of phosphoric ester groups is 6. The lowest BCUT2D eigenvalue weighted by molar-refractivity contribution is -0.109. The molecule has 444 valence electrons.